The Kier molecular flexibility index (Phi) is 7.21. The average molecular weight is 486 g/mol. The molecule has 9 heteroatoms. The maximum atomic E-state index is 12.6. The Labute approximate surface area is 205 Å². The van der Waals surface area contributed by atoms with Crippen molar-refractivity contribution in [2.45, 2.75) is 45.0 Å². The lowest BCUT2D eigenvalue weighted by molar-refractivity contribution is -0.141. The van der Waals surface area contributed by atoms with Crippen LogP contribution in [0.1, 0.15) is 30.9 Å². The van der Waals surface area contributed by atoms with Crippen LogP contribution in [-0.2, 0) is 4.79 Å². The van der Waals surface area contributed by atoms with Crippen LogP contribution in [0.5, 0.6) is 11.5 Å². The molecule has 0 saturated carbocycles. The molecule has 2 fully saturated rings. The molecule has 2 aliphatic rings. The first kappa shape index (κ1) is 25.2. The third-order valence-electron chi connectivity index (χ3n) is 7.41. The lowest BCUT2D eigenvalue weighted by atomic mass is 9.72. The van der Waals surface area contributed by atoms with Gasteiger partial charge in [0.15, 0.2) is 17.6 Å². The largest absolute Gasteiger partial charge is 0.493 e. The van der Waals surface area contributed by atoms with E-state index in [0.29, 0.717) is 31.1 Å². The zero-order chi connectivity index (χ0) is 25.3. The minimum Gasteiger partial charge on any atom is -0.493 e. The quantitative estimate of drug-likeness (QED) is 0.513. The Bertz CT molecular complexity index is 1040. The fourth-order valence-electron chi connectivity index (χ4n) is 4.91. The molecule has 190 valence electrons. The van der Waals surface area contributed by atoms with E-state index in [0.717, 1.165) is 16.9 Å². The summed E-state index contributed by atoms with van der Waals surface area (Å²) in [5.74, 6) is 1.41. The van der Waals surface area contributed by atoms with Gasteiger partial charge in [0.1, 0.15) is 11.9 Å². The molecule has 3 N–H and O–H groups in total. The molecule has 0 aliphatic carbocycles. The molecule has 4 rings (SSSR count). The number of rotatable bonds is 8. The van der Waals surface area contributed by atoms with Gasteiger partial charge in [0.25, 0.3) is 5.91 Å². The van der Waals surface area contributed by atoms with Gasteiger partial charge in [-0.3, -0.25) is 4.79 Å². The molecular weight excluding hydrogens is 450 g/mol. The summed E-state index contributed by atoms with van der Waals surface area (Å²) in [4.78, 5) is 20.7. The second kappa shape index (κ2) is 10.0. The fourth-order valence-corrected chi connectivity index (χ4v) is 4.91. The maximum absolute atomic E-state index is 12.6. The van der Waals surface area contributed by atoms with E-state index in [1.54, 1.807) is 14.0 Å². The predicted molar refractivity (Wildman–Crippen MR) is 131 cm³/mol. The van der Waals surface area contributed by atoms with Crippen molar-refractivity contribution in [1.82, 2.24) is 9.88 Å². The first-order valence-corrected chi connectivity index (χ1v) is 11.9. The van der Waals surface area contributed by atoms with Crippen molar-refractivity contribution >= 4 is 11.7 Å². The Morgan fingerprint density at radius 1 is 1.20 bits per heavy atom. The molecule has 2 saturated heterocycles. The number of aromatic nitrogens is 1. The molecule has 0 unspecified atom stereocenters. The number of nitrogens with zero attached hydrogens (tertiary/aromatic N) is 3. The van der Waals surface area contributed by atoms with Crippen molar-refractivity contribution in [3.05, 3.63) is 47.7 Å². The summed E-state index contributed by atoms with van der Waals surface area (Å²) < 4.78 is 11.8. The van der Waals surface area contributed by atoms with Crippen molar-refractivity contribution in [1.29, 1.82) is 0 Å². The average Bonchev–Trinajstić information content (AvgIpc) is 3.19. The van der Waals surface area contributed by atoms with Crippen LogP contribution in [0, 0.1) is 12.3 Å². The van der Waals surface area contributed by atoms with Crippen LogP contribution in [0.3, 0.4) is 0 Å². The Morgan fingerprint density at radius 3 is 2.54 bits per heavy atom. The normalized spacial score (nSPS) is 24.1. The predicted octanol–water partition coefficient (Wildman–Crippen LogP) is 1.33. The van der Waals surface area contributed by atoms with Gasteiger partial charge < -0.3 is 34.6 Å². The summed E-state index contributed by atoms with van der Waals surface area (Å²) in [6.45, 7) is 7.03. The topological polar surface area (TPSA) is 116 Å². The number of aryl methyl sites for hydroxylation is 1. The first-order valence-electron chi connectivity index (χ1n) is 11.9. The monoisotopic (exact) mass is 485 g/mol. The third-order valence-corrected chi connectivity index (χ3v) is 7.41. The van der Waals surface area contributed by atoms with Crippen LogP contribution >= 0.6 is 0 Å². The number of carbonyl (C=O) groups is 1. The SMILES string of the molecule is COc1ccc([C@H]2CN(C(=O)[C@@H](O)CO)C[C@@]2(C)[C@@H](C)O)cc1OC1CN(c2ccc(C)cn2)C1. The number of likely N-dealkylation sites (tertiary alicyclic amines) is 1. The summed E-state index contributed by atoms with van der Waals surface area (Å²) in [6.07, 6.45) is -0.340. The molecule has 2 aliphatic heterocycles. The van der Waals surface area contributed by atoms with E-state index in [4.69, 9.17) is 9.47 Å². The van der Waals surface area contributed by atoms with E-state index >= 15 is 0 Å². The Morgan fingerprint density at radius 2 is 1.94 bits per heavy atom. The molecule has 1 aromatic heterocycles. The zero-order valence-corrected chi connectivity index (χ0v) is 20.7. The van der Waals surface area contributed by atoms with Crippen LogP contribution in [0.15, 0.2) is 36.5 Å². The van der Waals surface area contributed by atoms with E-state index in [2.05, 4.69) is 9.88 Å². The van der Waals surface area contributed by atoms with Crippen LogP contribution in [0.25, 0.3) is 0 Å². The molecule has 0 bridgehead atoms. The molecule has 9 nitrogen and oxygen atoms in total. The van der Waals surface area contributed by atoms with Gasteiger partial charge in [-0.1, -0.05) is 19.1 Å². The lowest BCUT2D eigenvalue weighted by Crippen LogP contribution is -2.54. The summed E-state index contributed by atoms with van der Waals surface area (Å²) in [5, 5.41) is 29.7. The minimum atomic E-state index is -1.47. The van der Waals surface area contributed by atoms with Gasteiger partial charge in [-0.05, 0) is 43.2 Å². The molecule has 3 heterocycles. The van der Waals surface area contributed by atoms with E-state index in [1.807, 2.05) is 50.4 Å². The summed E-state index contributed by atoms with van der Waals surface area (Å²) in [7, 11) is 1.59. The number of methoxy groups -OCH3 is 1. The van der Waals surface area contributed by atoms with Crippen LogP contribution < -0.4 is 14.4 Å². The van der Waals surface area contributed by atoms with E-state index in [-0.39, 0.29) is 18.6 Å². The fraction of sp³-hybridized carbons (Fsp3) is 0.538. The zero-order valence-electron chi connectivity index (χ0n) is 20.7. The van der Waals surface area contributed by atoms with Crippen molar-refractivity contribution in [2.75, 3.05) is 44.8 Å². The summed E-state index contributed by atoms with van der Waals surface area (Å²) >= 11 is 0. The second-order valence-corrected chi connectivity index (χ2v) is 9.90. The van der Waals surface area contributed by atoms with Crippen molar-refractivity contribution in [2.24, 2.45) is 5.41 Å². The number of aliphatic hydroxyl groups excluding tert-OH is 3. The van der Waals surface area contributed by atoms with E-state index in [9.17, 15) is 20.1 Å². The van der Waals surface area contributed by atoms with Crippen LogP contribution in [0.4, 0.5) is 5.82 Å². The highest BCUT2D eigenvalue weighted by Gasteiger charge is 2.49. The van der Waals surface area contributed by atoms with Crippen LogP contribution in [0.2, 0.25) is 0 Å². The van der Waals surface area contributed by atoms with Crippen molar-refractivity contribution < 1.29 is 29.6 Å². The van der Waals surface area contributed by atoms with Crippen molar-refractivity contribution in [3.63, 3.8) is 0 Å². The first-order chi connectivity index (χ1) is 16.7. The molecule has 2 aromatic rings. The number of amides is 1. The van der Waals surface area contributed by atoms with E-state index < -0.39 is 30.1 Å². The van der Waals surface area contributed by atoms with Gasteiger partial charge in [0.2, 0.25) is 0 Å². The van der Waals surface area contributed by atoms with Gasteiger partial charge >= 0.3 is 0 Å². The second-order valence-electron chi connectivity index (χ2n) is 9.90. The van der Waals surface area contributed by atoms with Gasteiger partial charge in [-0.2, -0.15) is 0 Å². The highest BCUT2D eigenvalue weighted by atomic mass is 16.5. The number of aliphatic hydroxyl groups is 3. The van der Waals surface area contributed by atoms with E-state index in [1.165, 1.54) is 4.90 Å². The van der Waals surface area contributed by atoms with Gasteiger partial charge in [0, 0.05) is 30.6 Å². The Hall–Kier alpha value is -2.88. The summed E-state index contributed by atoms with van der Waals surface area (Å²) in [6, 6.07) is 9.74. The minimum absolute atomic E-state index is 0.0215. The highest BCUT2D eigenvalue weighted by Crippen LogP contribution is 2.47. The number of ether oxygens (including phenoxy) is 2. The molecule has 4 atom stereocenters. The van der Waals surface area contributed by atoms with Crippen molar-refractivity contribution in [3.8, 4) is 11.5 Å². The molecule has 1 aromatic carbocycles. The lowest BCUT2D eigenvalue weighted by Gasteiger charge is -2.40. The molecular formula is C26H35N3O6. The third kappa shape index (κ3) is 4.94. The number of hydrogen-bond donors (Lipinski definition) is 3. The highest BCUT2D eigenvalue weighted by molar-refractivity contribution is 5.81. The van der Waals surface area contributed by atoms with Gasteiger partial charge in [-0.25, -0.2) is 4.98 Å². The number of benzene rings is 1. The standard InChI is InChI=1S/C26H35N3O6/c1-16-5-8-24(27-10-16)28-11-19(12-28)35-23-9-18(6-7-22(23)34-4)20-13-29(25(33)21(32)14-30)15-26(20,3)17(2)31/h5-10,17,19-21,30-32H,11-15H2,1-4H3/t17-,20-,21+,26+/m1/s1. The van der Waals surface area contributed by atoms with Crippen LogP contribution in [-0.4, -0.2) is 89.3 Å². The van der Waals surface area contributed by atoms with Gasteiger partial charge in [0.05, 0.1) is 32.9 Å². The number of carbonyl (C=O) groups excluding carboxylic acids is 1. The molecule has 1 amide bonds. The number of pyridine rings is 1. The number of hydrogen-bond acceptors (Lipinski definition) is 8. The number of anilines is 1. The Balaban J connectivity index is 1.52. The molecule has 0 spiro atoms. The summed E-state index contributed by atoms with van der Waals surface area (Å²) in [5.41, 5.74) is 1.39. The smallest absolute Gasteiger partial charge is 0.253 e. The molecule has 0 radical (unpaired) electrons. The van der Waals surface area contributed by atoms with Gasteiger partial charge in [-0.15, -0.1) is 0 Å². The molecule has 35 heavy (non-hydrogen) atoms. The maximum Gasteiger partial charge on any atom is 0.253 e.